The summed E-state index contributed by atoms with van der Waals surface area (Å²) in [5.74, 6) is 2.00. The fourth-order valence-corrected chi connectivity index (χ4v) is 3.79. The van der Waals surface area contributed by atoms with Crippen LogP contribution in [0.4, 0.5) is 0 Å². The highest BCUT2D eigenvalue weighted by Crippen LogP contribution is 2.25. The van der Waals surface area contributed by atoms with Crippen LogP contribution in [0.5, 0.6) is 0 Å². The van der Waals surface area contributed by atoms with E-state index in [4.69, 9.17) is 4.52 Å². The molecule has 0 N–H and O–H groups in total. The lowest BCUT2D eigenvalue weighted by Crippen LogP contribution is -2.28. The molecule has 2 aromatic rings. The summed E-state index contributed by atoms with van der Waals surface area (Å²) in [4.78, 5) is 23.9. The maximum atomic E-state index is 12.6. The highest BCUT2D eigenvalue weighted by atomic mass is 32.1. The van der Waals surface area contributed by atoms with Crippen LogP contribution in [0.25, 0.3) is 0 Å². The number of hydrogen-bond acceptors (Lipinski definition) is 6. The van der Waals surface area contributed by atoms with Gasteiger partial charge in [-0.25, -0.2) is 4.98 Å². The van der Waals surface area contributed by atoms with Gasteiger partial charge in [-0.15, -0.1) is 11.3 Å². The number of carbonyl (C=O) groups is 1. The second kappa shape index (κ2) is 6.16. The summed E-state index contributed by atoms with van der Waals surface area (Å²) < 4.78 is 4.98. The number of amides is 1. The Labute approximate surface area is 133 Å². The van der Waals surface area contributed by atoms with E-state index < -0.39 is 0 Å². The number of rotatable bonds is 4. The predicted octanol–water partition coefficient (Wildman–Crippen LogP) is 2.55. The van der Waals surface area contributed by atoms with Crippen molar-refractivity contribution < 1.29 is 9.32 Å². The molecule has 6 nitrogen and oxygen atoms in total. The van der Waals surface area contributed by atoms with Crippen LogP contribution in [0.15, 0.2) is 4.52 Å². The number of likely N-dealkylation sites (tertiary alicyclic amines) is 1. The third kappa shape index (κ3) is 3.19. The van der Waals surface area contributed by atoms with Crippen molar-refractivity contribution in [3.63, 3.8) is 0 Å². The van der Waals surface area contributed by atoms with Gasteiger partial charge >= 0.3 is 0 Å². The summed E-state index contributed by atoms with van der Waals surface area (Å²) in [6, 6.07) is 0. The second-order valence-corrected chi connectivity index (χ2v) is 7.02. The Morgan fingerprint density at radius 3 is 2.82 bits per heavy atom. The quantitative estimate of drug-likeness (QED) is 0.865. The van der Waals surface area contributed by atoms with Gasteiger partial charge in [-0.05, 0) is 32.6 Å². The van der Waals surface area contributed by atoms with Gasteiger partial charge in [0.1, 0.15) is 4.88 Å². The molecular formula is C15H20N4O2S. The molecule has 0 aromatic carbocycles. The van der Waals surface area contributed by atoms with E-state index in [1.165, 1.54) is 11.3 Å². The maximum absolute atomic E-state index is 12.6. The molecule has 0 saturated carbocycles. The van der Waals surface area contributed by atoms with Crippen LogP contribution in [0, 0.1) is 26.7 Å². The van der Waals surface area contributed by atoms with Gasteiger partial charge in [0.2, 0.25) is 5.89 Å². The summed E-state index contributed by atoms with van der Waals surface area (Å²) in [7, 11) is 0. The van der Waals surface area contributed by atoms with Crippen LogP contribution in [-0.4, -0.2) is 39.0 Å². The van der Waals surface area contributed by atoms with E-state index >= 15 is 0 Å². The third-order valence-corrected chi connectivity index (χ3v) is 5.08. The molecule has 0 bridgehead atoms. The van der Waals surface area contributed by atoms with Crippen LogP contribution in [-0.2, 0) is 6.42 Å². The number of nitrogens with zero attached hydrogens (tertiary/aromatic N) is 4. The number of thiazole rings is 1. The standard InChI is InChI=1S/C15H20N4O2S/c1-9-14(22-11(3)16-9)15(20)19-7-6-12(8-19)4-5-13-17-10(2)21-18-13/h12H,4-8H2,1-3H3. The fourth-order valence-electron chi connectivity index (χ4n) is 2.90. The van der Waals surface area contributed by atoms with Crippen molar-refractivity contribution in [1.82, 2.24) is 20.0 Å². The zero-order chi connectivity index (χ0) is 15.7. The van der Waals surface area contributed by atoms with Crippen molar-refractivity contribution in [3.05, 3.63) is 27.3 Å². The molecule has 0 spiro atoms. The molecule has 3 rings (SSSR count). The van der Waals surface area contributed by atoms with Crippen molar-refractivity contribution in [1.29, 1.82) is 0 Å². The molecule has 1 aliphatic heterocycles. The van der Waals surface area contributed by atoms with E-state index in [1.807, 2.05) is 18.7 Å². The minimum absolute atomic E-state index is 0.126. The molecule has 1 amide bonds. The van der Waals surface area contributed by atoms with Crippen molar-refractivity contribution >= 4 is 17.2 Å². The van der Waals surface area contributed by atoms with Crippen LogP contribution in [0.1, 0.15) is 44.9 Å². The van der Waals surface area contributed by atoms with E-state index in [0.717, 1.165) is 53.8 Å². The molecule has 1 atom stereocenters. The van der Waals surface area contributed by atoms with Crippen molar-refractivity contribution in [2.24, 2.45) is 5.92 Å². The van der Waals surface area contributed by atoms with Crippen molar-refractivity contribution in [2.75, 3.05) is 13.1 Å². The summed E-state index contributed by atoms with van der Waals surface area (Å²) in [5.41, 5.74) is 0.846. The number of hydrogen-bond donors (Lipinski definition) is 0. The highest BCUT2D eigenvalue weighted by Gasteiger charge is 2.29. The Bertz CT molecular complexity index is 679. The number of carbonyl (C=O) groups excluding carboxylic acids is 1. The average molecular weight is 320 g/mol. The lowest BCUT2D eigenvalue weighted by Gasteiger charge is -2.15. The van der Waals surface area contributed by atoms with Gasteiger partial charge in [0.15, 0.2) is 5.82 Å². The first-order valence-electron chi connectivity index (χ1n) is 7.55. The molecule has 0 radical (unpaired) electrons. The van der Waals surface area contributed by atoms with Gasteiger partial charge in [0.25, 0.3) is 5.91 Å². The lowest BCUT2D eigenvalue weighted by atomic mass is 10.0. The first-order chi connectivity index (χ1) is 10.5. The van der Waals surface area contributed by atoms with Gasteiger partial charge in [-0.3, -0.25) is 4.79 Å². The molecule has 1 saturated heterocycles. The molecule has 7 heteroatoms. The minimum atomic E-state index is 0.126. The van der Waals surface area contributed by atoms with E-state index in [0.29, 0.717) is 11.8 Å². The smallest absolute Gasteiger partial charge is 0.265 e. The topological polar surface area (TPSA) is 72.1 Å². The predicted molar refractivity (Wildman–Crippen MR) is 83.0 cm³/mol. The summed E-state index contributed by atoms with van der Waals surface area (Å²) in [6.45, 7) is 7.28. The fraction of sp³-hybridized carbons (Fsp3) is 0.600. The molecule has 118 valence electrons. The molecule has 2 aromatic heterocycles. The van der Waals surface area contributed by atoms with E-state index in [9.17, 15) is 4.79 Å². The van der Waals surface area contributed by atoms with E-state index in [-0.39, 0.29) is 5.91 Å². The van der Waals surface area contributed by atoms with Gasteiger partial charge in [0, 0.05) is 26.4 Å². The van der Waals surface area contributed by atoms with Gasteiger partial charge in [-0.1, -0.05) is 5.16 Å². The van der Waals surface area contributed by atoms with Crippen molar-refractivity contribution in [3.8, 4) is 0 Å². The largest absolute Gasteiger partial charge is 0.340 e. The first-order valence-corrected chi connectivity index (χ1v) is 8.37. The normalized spacial score (nSPS) is 18.1. The lowest BCUT2D eigenvalue weighted by molar-refractivity contribution is 0.0790. The molecule has 1 aliphatic rings. The Morgan fingerprint density at radius 2 is 2.18 bits per heavy atom. The zero-order valence-corrected chi connectivity index (χ0v) is 13.9. The maximum Gasteiger partial charge on any atom is 0.265 e. The molecule has 22 heavy (non-hydrogen) atoms. The van der Waals surface area contributed by atoms with Crippen LogP contribution in [0.2, 0.25) is 0 Å². The Morgan fingerprint density at radius 1 is 1.36 bits per heavy atom. The summed E-state index contributed by atoms with van der Waals surface area (Å²) in [6.07, 6.45) is 2.84. The highest BCUT2D eigenvalue weighted by molar-refractivity contribution is 7.13. The molecule has 1 fully saturated rings. The zero-order valence-electron chi connectivity index (χ0n) is 13.1. The number of aryl methyl sites for hydroxylation is 4. The minimum Gasteiger partial charge on any atom is -0.340 e. The van der Waals surface area contributed by atoms with Crippen LogP contribution in [0.3, 0.4) is 0 Å². The first kappa shape index (κ1) is 15.1. The molecule has 1 unspecified atom stereocenters. The molecular weight excluding hydrogens is 300 g/mol. The third-order valence-electron chi connectivity index (χ3n) is 4.02. The van der Waals surface area contributed by atoms with Crippen LogP contribution < -0.4 is 0 Å². The van der Waals surface area contributed by atoms with Crippen LogP contribution >= 0.6 is 11.3 Å². The van der Waals surface area contributed by atoms with Gasteiger partial charge in [-0.2, -0.15) is 4.98 Å². The Kier molecular flexibility index (Phi) is 4.24. The second-order valence-electron chi connectivity index (χ2n) is 5.82. The summed E-state index contributed by atoms with van der Waals surface area (Å²) >= 11 is 1.49. The van der Waals surface area contributed by atoms with Gasteiger partial charge in [0.05, 0.1) is 10.7 Å². The van der Waals surface area contributed by atoms with Gasteiger partial charge < -0.3 is 9.42 Å². The SMILES string of the molecule is Cc1nc(CCC2CCN(C(=O)c3sc(C)nc3C)C2)no1. The summed E-state index contributed by atoms with van der Waals surface area (Å²) in [5, 5.41) is 4.87. The molecule has 0 aliphatic carbocycles. The average Bonchev–Trinajstić information content (AvgIpc) is 3.17. The van der Waals surface area contributed by atoms with Crippen molar-refractivity contribution in [2.45, 2.75) is 40.0 Å². The number of aromatic nitrogens is 3. The Balaban J connectivity index is 1.55. The Hall–Kier alpha value is -1.76. The monoisotopic (exact) mass is 320 g/mol. The van der Waals surface area contributed by atoms with E-state index in [2.05, 4.69) is 15.1 Å². The van der Waals surface area contributed by atoms with E-state index in [1.54, 1.807) is 6.92 Å². The molecule has 3 heterocycles.